The van der Waals surface area contributed by atoms with Crippen molar-refractivity contribution in [3.63, 3.8) is 0 Å². The molecule has 0 aliphatic heterocycles. The van der Waals surface area contributed by atoms with Crippen molar-refractivity contribution in [3.8, 4) is 0 Å². The fourth-order valence-corrected chi connectivity index (χ4v) is 3.70. The van der Waals surface area contributed by atoms with Crippen LogP contribution in [-0.4, -0.2) is 0 Å². The van der Waals surface area contributed by atoms with Gasteiger partial charge in [0.05, 0.1) is 0 Å². The Balaban J connectivity index is 3.71. The van der Waals surface area contributed by atoms with Gasteiger partial charge in [-0.25, -0.2) is 0 Å². The van der Waals surface area contributed by atoms with Crippen molar-refractivity contribution >= 4 is 0 Å². The van der Waals surface area contributed by atoms with Crippen LogP contribution in [0.4, 0.5) is 0 Å². The Morgan fingerprint density at radius 1 is 0.455 bits per heavy atom. The van der Waals surface area contributed by atoms with Gasteiger partial charge in [-0.15, -0.1) is 0 Å². The molecule has 2 unspecified atom stereocenters. The molecule has 134 valence electrons. The van der Waals surface area contributed by atoms with E-state index in [1.165, 1.54) is 103 Å². The maximum Gasteiger partial charge on any atom is -0.0414 e. The Bertz CT molecular complexity index is 196. The second-order valence-corrected chi connectivity index (χ2v) is 7.54. The SMILES string of the molecule is CCCCCCCCC(CC)CC(CC)CCCCCCC. The van der Waals surface area contributed by atoms with Gasteiger partial charge in [-0.3, -0.25) is 0 Å². The lowest BCUT2D eigenvalue weighted by Crippen LogP contribution is -2.08. The molecule has 0 fully saturated rings. The van der Waals surface area contributed by atoms with E-state index >= 15 is 0 Å². The van der Waals surface area contributed by atoms with Crippen LogP contribution in [0.1, 0.15) is 130 Å². The molecule has 0 heterocycles. The summed E-state index contributed by atoms with van der Waals surface area (Å²) in [5.74, 6) is 2.01. The number of hydrogen-bond acceptors (Lipinski definition) is 0. The highest BCUT2D eigenvalue weighted by molar-refractivity contribution is 4.66. The van der Waals surface area contributed by atoms with E-state index in [1.807, 2.05) is 0 Å². The van der Waals surface area contributed by atoms with Gasteiger partial charge in [-0.1, -0.05) is 124 Å². The summed E-state index contributed by atoms with van der Waals surface area (Å²) >= 11 is 0. The minimum absolute atomic E-state index is 1.01. The summed E-state index contributed by atoms with van der Waals surface area (Å²) in [4.78, 5) is 0. The Kier molecular flexibility index (Phi) is 17.4. The van der Waals surface area contributed by atoms with Crippen LogP contribution in [0.2, 0.25) is 0 Å². The number of hydrogen-bond donors (Lipinski definition) is 0. The maximum atomic E-state index is 2.41. The van der Waals surface area contributed by atoms with Gasteiger partial charge >= 0.3 is 0 Å². The van der Waals surface area contributed by atoms with Crippen molar-refractivity contribution in [2.45, 2.75) is 130 Å². The van der Waals surface area contributed by atoms with Crippen LogP contribution in [0.25, 0.3) is 0 Å². The fourth-order valence-electron chi connectivity index (χ4n) is 3.70. The maximum absolute atomic E-state index is 2.41. The van der Waals surface area contributed by atoms with Gasteiger partial charge in [0, 0.05) is 0 Å². The zero-order valence-corrected chi connectivity index (χ0v) is 16.5. The summed E-state index contributed by atoms with van der Waals surface area (Å²) < 4.78 is 0. The molecule has 2 atom stereocenters. The third-order valence-corrected chi connectivity index (χ3v) is 5.50. The third kappa shape index (κ3) is 13.6. The van der Waals surface area contributed by atoms with Crippen LogP contribution in [0.5, 0.6) is 0 Å². The summed E-state index contributed by atoms with van der Waals surface area (Å²) in [6.07, 6.45) is 23.2. The van der Waals surface area contributed by atoms with Crippen molar-refractivity contribution in [3.05, 3.63) is 0 Å². The molecule has 0 N–H and O–H groups in total. The normalized spacial score (nSPS) is 14.2. The van der Waals surface area contributed by atoms with E-state index in [0.717, 1.165) is 11.8 Å². The summed E-state index contributed by atoms with van der Waals surface area (Å²) in [7, 11) is 0. The van der Waals surface area contributed by atoms with E-state index in [0.29, 0.717) is 0 Å². The van der Waals surface area contributed by atoms with Crippen LogP contribution >= 0.6 is 0 Å². The molecular weight excluding hydrogens is 264 g/mol. The van der Waals surface area contributed by atoms with E-state index in [4.69, 9.17) is 0 Å². The van der Waals surface area contributed by atoms with Crippen LogP contribution in [-0.2, 0) is 0 Å². The molecule has 0 aliphatic rings. The molecule has 0 rings (SSSR count). The highest BCUT2D eigenvalue weighted by Gasteiger charge is 2.13. The molecule has 0 radical (unpaired) electrons. The predicted octanol–water partition coefficient (Wildman–Crippen LogP) is 8.54. The van der Waals surface area contributed by atoms with Gasteiger partial charge in [-0.2, -0.15) is 0 Å². The molecule has 0 aliphatic carbocycles. The zero-order valence-electron chi connectivity index (χ0n) is 16.5. The summed E-state index contributed by atoms with van der Waals surface area (Å²) in [6, 6.07) is 0. The molecule has 0 heteroatoms. The minimum Gasteiger partial charge on any atom is -0.0654 e. The molecule has 0 aromatic carbocycles. The van der Waals surface area contributed by atoms with Crippen LogP contribution in [0, 0.1) is 11.8 Å². The summed E-state index contributed by atoms with van der Waals surface area (Å²) in [5, 5.41) is 0. The summed E-state index contributed by atoms with van der Waals surface area (Å²) in [5.41, 5.74) is 0. The quantitative estimate of drug-likeness (QED) is 0.236. The molecule has 0 spiro atoms. The Morgan fingerprint density at radius 2 is 0.818 bits per heavy atom. The van der Waals surface area contributed by atoms with Gasteiger partial charge in [0.1, 0.15) is 0 Å². The van der Waals surface area contributed by atoms with Gasteiger partial charge in [0.15, 0.2) is 0 Å². The standard InChI is InChI=1S/C22H46/c1-5-9-11-13-15-17-19-22(8-4)20-21(7-3)18-16-14-12-10-6-2/h21-22H,5-20H2,1-4H3. The molecule has 0 saturated heterocycles. The molecule has 0 aromatic heterocycles. The van der Waals surface area contributed by atoms with E-state index in [1.54, 1.807) is 0 Å². The van der Waals surface area contributed by atoms with Crippen molar-refractivity contribution in [1.29, 1.82) is 0 Å². The van der Waals surface area contributed by atoms with Gasteiger partial charge < -0.3 is 0 Å². The third-order valence-electron chi connectivity index (χ3n) is 5.50. The molecule has 0 amide bonds. The van der Waals surface area contributed by atoms with E-state index in [-0.39, 0.29) is 0 Å². The fraction of sp³-hybridized carbons (Fsp3) is 1.00. The van der Waals surface area contributed by atoms with Crippen molar-refractivity contribution in [2.24, 2.45) is 11.8 Å². The van der Waals surface area contributed by atoms with Gasteiger partial charge in [0.25, 0.3) is 0 Å². The van der Waals surface area contributed by atoms with Crippen molar-refractivity contribution in [2.75, 3.05) is 0 Å². The molecule has 0 saturated carbocycles. The lowest BCUT2D eigenvalue weighted by Gasteiger charge is -2.22. The minimum atomic E-state index is 1.01. The molecule has 22 heavy (non-hydrogen) atoms. The van der Waals surface area contributed by atoms with Crippen molar-refractivity contribution in [1.82, 2.24) is 0 Å². The van der Waals surface area contributed by atoms with E-state index in [2.05, 4.69) is 27.7 Å². The Labute approximate surface area is 142 Å². The topological polar surface area (TPSA) is 0 Å². The van der Waals surface area contributed by atoms with Crippen molar-refractivity contribution < 1.29 is 0 Å². The molecule has 0 nitrogen and oxygen atoms in total. The molecular formula is C22H46. The average Bonchev–Trinajstić information content (AvgIpc) is 2.55. The number of unbranched alkanes of at least 4 members (excludes halogenated alkanes) is 9. The first-order valence-corrected chi connectivity index (χ1v) is 10.8. The summed E-state index contributed by atoms with van der Waals surface area (Å²) in [6.45, 7) is 9.44. The average molecular weight is 311 g/mol. The lowest BCUT2D eigenvalue weighted by atomic mass is 9.84. The zero-order chi connectivity index (χ0) is 16.5. The van der Waals surface area contributed by atoms with Gasteiger partial charge in [0.2, 0.25) is 0 Å². The highest BCUT2D eigenvalue weighted by atomic mass is 14.2. The van der Waals surface area contributed by atoms with Crippen LogP contribution in [0.15, 0.2) is 0 Å². The van der Waals surface area contributed by atoms with E-state index in [9.17, 15) is 0 Å². The second-order valence-electron chi connectivity index (χ2n) is 7.54. The van der Waals surface area contributed by atoms with Gasteiger partial charge in [-0.05, 0) is 18.3 Å². The van der Waals surface area contributed by atoms with Crippen LogP contribution < -0.4 is 0 Å². The Morgan fingerprint density at radius 3 is 1.18 bits per heavy atom. The number of rotatable bonds is 17. The van der Waals surface area contributed by atoms with E-state index < -0.39 is 0 Å². The smallest absolute Gasteiger partial charge is 0.0414 e. The van der Waals surface area contributed by atoms with Crippen LogP contribution in [0.3, 0.4) is 0 Å². The predicted molar refractivity (Wildman–Crippen MR) is 104 cm³/mol. The Hall–Kier alpha value is 0. The molecule has 0 bridgehead atoms. The first-order valence-electron chi connectivity index (χ1n) is 10.8. The first kappa shape index (κ1) is 22.0. The molecule has 0 aromatic rings. The second kappa shape index (κ2) is 17.4. The lowest BCUT2D eigenvalue weighted by molar-refractivity contribution is 0.307. The first-order chi connectivity index (χ1) is 10.8. The largest absolute Gasteiger partial charge is 0.0654 e. The monoisotopic (exact) mass is 310 g/mol. The highest BCUT2D eigenvalue weighted by Crippen LogP contribution is 2.27.